The predicted molar refractivity (Wildman–Crippen MR) is 81.9 cm³/mol. The zero-order valence-electron chi connectivity index (χ0n) is 11.8. The van der Waals surface area contributed by atoms with Gasteiger partial charge in [0.2, 0.25) is 5.13 Å². The van der Waals surface area contributed by atoms with E-state index in [-0.39, 0.29) is 0 Å². The highest BCUT2D eigenvalue weighted by Gasteiger charge is 2.29. The molecule has 0 aliphatic heterocycles. The fourth-order valence-electron chi connectivity index (χ4n) is 2.76. The first kappa shape index (κ1) is 13.5. The van der Waals surface area contributed by atoms with Gasteiger partial charge in [-0.1, -0.05) is 17.4 Å². The molecule has 1 saturated carbocycles. The van der Waals surface area contributed by atoms with Gasteiger partial charge in [0.1, 0.15) is 5.69 Å². The Morgan fingerprint density at radius 3 is 2.90 bits per heavy atom. The lowest BCUT2D eigenvalue weighted by Gasteiger charge is -2.26. The van der Waals surface area contributed by atoms with Gasteiger partial charge in [0.05, 0.1) is 0 Å². The molecule has 2 aromatic rings. The summed E-state index contributed by atoms with van der Waals surface area (Å²) >= 11 is 1.57. The zero-order valence-corrected chi connectivity index (χ0v) is 12.6. The highest BCUT2D eigenvalue weighted by atomic mass is 32.1. The van der Waals surface area contributed by atoms with Crippen LogP contribution in [0.25, 0.3) is 10.7 Å². The molecule has 0 bridgehead atoms. The molecule has 2 atom stereocenters. The number of hydrogen-bond acceptors (Lipinski definition) is 6. The molecule has 1 fully saturated rings. The van der Waals surface area contributed by atoms with Gasteiger partial charge in [-0.3, -0.25) is 4.98 Å². The summed E-state index contributed by atoms with van der Waals surface area (Å²) in [4.78, 5) is 6.61. The summed E-state index contributed by atoms with van der Waals surface area (Å²) in [5.41, 5.74) is 0.883. The van der Waals surface area contributed by atoms with E-state index >= 15 is 0 Å². The molecule has 2 aromatic heterocycles. The van der Waals surface area contributed by atoms with E-state index in [4.69, 9.17) is 0 Å². The number of nitrogens with one attached hydrogen (secondary N) is 1. The Morgan fingerprint density at radius 1 is 1.25 bits per heavy atom. The minimum Gasteiger partial charge on any atom is -0.356 e. The summed E-state index contributed by atoms with van der Waals surface area (Å²) < 4.78 is 0. The second kappa shape index (κ2) is 5.85. The van der Waals surface area contributed by atoms with Crippen molar-refractivity contribution in [3.63, 3.8) is 0 Å². The van der Waals surface area contributed by atoms with Gasteiger partial charge in [0.25, 0.3) is 0 Å². The first-order valence-corrected chi connectivity index (χ1v) is 7.73. The smallest absolute Gasteiger partial charge is 0.206 e. The number of aromatic nitrogens is 3. The summed E-state index contributed by atoms with van der Waals surface area (Å²) in [7, 11) is 4.29. The molecule has 1 N–H and O–H groups in total. The third-order valence-electron chi connectivity index (χ3n) is 3.76. The van der Waals surface area contributed by atoms with E-state index < -0.39 is 0 Å². The number of pyridine rings is 1. The lowest BCUT2D eigenvalue weighted by atomic mass is 10.1. The average Bonchev–Trinajstić information content (AvgIpc) is 3.09. The van der Waals surface area contributed by atoms with E-state index in [9.17, 15) is 0 Å². The van der Waals surface area contributed by atoms with Gasteiger partial charge in [0, 0.05) is 18.3 Å². The SMILES string of the molecule is CN(C)[C@@H]1CCC[C@H]1Nc1nnc(-c2ccccn2)s1. The van der Waals surface area contributed by atoms with Crippen LogP contribution in [-0.4, -0.2) is 46.3 Å². The largest absolute Gasteiger partial charge is 0.356 e. The van der Waals surface area contributed by atoms with Crippen LogP contribution in [0, 0.1) is 0 Å². The Labute approximate surface area is 123 Å². The normalized spacial score (nSPS) is 22.4. The second-order valence-corrected chi connectivity index (χ2v) is 6.32. The first-order valence-electron chi connectivity index (χ1n) is 6.92. The number of nitrogens with zero attached hydrogens (tertiary/aromatic N) is 4. The molecule has 3 rings (SSSR count). The minimum atomic E-state index is 0.467. The van der Waals surface area contributed by atoms with Crippen LogP contribution in [0.5, 0.6) is 0 Å². The fraction of sp³-hybridized carbons (Fsp3) is 0.500. The van der Waals surface area contributed by atoms with E-state index in [2.05, 4.69) is 39.5 Å². The van der Waals surface area contributed by atoms with Gasteiger partial charge in [0.15, 0.2) is 5.01 Å². The Balaban J connectivity index is 1.72. The Kier molecular flexibility index (Phi) is 3.93. The van der Waals surface area contributed by atoms with Crippen molar-refractivity contribution in [3.05, 3.63) is 24.4 Å². The van der Waals surface area contributed by atoms with E-state index in [1.165, 1.54) is 19.3 Å². The third kappa shape index (κ3) is 2.81. The van der Waals surface area contributed by atoms with Crippen LogP contribution in [0.4, 0.5) is 5.13 Å². The van der Waals surface area contributed by atoms with Crippen LogP contribution in [0.2, 0.25) is 0 Å². The molecule has 0 unspecified atom stereocenters. The van der Waals surface area contributed by atoms with Crippen LogP contribution in [0.3, 0.4) is 0 Å². The summed E-state index contributed by atoms with van der Waals surface area (Å²) in [5.74, 6) is 0. The molecule has 1 aliphatic rings. The standard InChI is InChI=1S/C14H19N5S/c1-19(2)12-8-5-7-10(12)16-14-18-17-13(20-14)11-6-3-4-9-15-11/h3-4,6,9-10,12H,5,7-8H2,1-2H3,(H,16,18)/t10-,12-/m1/s1. The van der Waals surface area contributed by atoms with Gasteiger partial charge >= 0.3 is 0 Å². The molecule has 0 spiro atoms. The summed E-state index contributed by atoms with van der Waals surface area (Å²) in [6.45, 7) is 0. The quantitative estimate of drug-likeness (QED) is 0.937. The summed E-state index contributed by atoms with van der Waals surface area (Å²) in [5, 5.41) is 13.8. The topological polar surface area (TPSA) is 53.9 Å². The van der Waals surface area contributed by atoms with Crippen molar-refractivity contribution in [1.29, 1.82) is 0 Å². The number of anilines is 1. The molecule has 20 heavy (non-hydrogen) atoms. The van der Waals surface area contributed by atoms with Crippen molar-refractivity contribution in [3.8, 4) is 10.7 Å². The van der Waals surface area contributed by atoms with Crippen molar-refractivity contribution in [2.24, 2.45) is 0 Å². The minimum absolute atomic E-state index is 0.467. The van der Waals surface area contributed by atoms with Crippen LogP contribution in [0.15, 0.2) is 24.4 Å². The maximum Gasteiger partial charge on any atom is 0.206 e. The van der Waals surface area contributed by atoms with Crippen molar-refractivity contribution in [2.45, 2.75) is 31.3 Å². The summed E-state index contributed by atoms with van der Waals surface area (Å²) in [6.07, 6.45) is 5.49. The van der Waals surface area contributed by atoms with Crippen LogP contribution in [-0.2, 0) is 0 Å². The van der Waals surface area contributed by atoms with Gasteiger partial charge in [-0.15, -0.1) is 10.2 Å². The van der Waals surface area contributed by atoms with Gasteiger partial charge in [-0.2, -0.15) is 0 Å². The van der Waals surface area contributed by atoms with Crippen LogP contribution >= 0.6 is 11.3 Å². The molecular weight excluding hydrogens is 270 g/mol. The Hall–Kier alpha value is -1.53. The van der Waals surface area contributed by atoms with Crippen molar-refractivity contribution >= 4 is 16.5 Å². The molecule has 2 heterocycles. The number of likely N-dealkylation sites (N-methyl/N-ethyl adjacent to an activating group) is 1. The van der Waals surface area contributed by atoms with Crippen LogP contribution in [0.1, 0.15) is 19.3 Å². The number of rotatable bonds is 4. The van der Waals surface area contributed by atoms with Gasteiger partial charge in [-0.05, 0) is 45.5 Å². The molecule has 0 saturated heterocycles. The Bertz CT molecular complexity index is 554. The fourth-order valence-corrected chi connectivity index (χ4v) is 3.54. The zero-order chi connectivity index (χ0) is 13.9. The molecule has 5 nitrogen and oxygen atoms in total. The second-order valence-electron chi connectivity index (χ2n) is 5.34. The van der Waals surface area contributed by atoms with E-state index in [1.54, 1.807) is 17.5 Å². The lowest BCUT2D eigenvalue weighted by molar-refractivity contribution is 0.285. The van der Waals surface area contributed by atoms with Crippen molar-refractivity contribution < 1.29 is 0 Å². The first-order chi connectivity index (χ1) is 9.74. The molecular formula is C14H19N5S. The monoisotopic (exact) mass is 289 g/mol. The molecule has 0 amide bonds. The number of hydrogen-bond donors (Lipinski definition) is 1. The molecule has 0 aromatic carbocycles. The van der Waals surface area contributed by atoms with Crippen molar-refractivity contribution in [2.75, 3.05) is 19.4 Å². The average molecular weight is 289 g/mol. The van der Waals surface area contributed by atoms with E-state index in [0.717, 1.165) is 15.8 Å². The van der Waals surface area contributed by atoms with E-state index in [0.29, 0.717) is 12.1 Å². The molecule has 106 valence electrons. The van der Waals surface area contributed by atoms with Crippen molar-refractivity contribution in [1.82, 2.24) is 20.1 Å². The van der Waals surface area contributed by atoms with E-state index in [1.807, 2.05) is 18.2 Å². The maximum absolute atomic E-state index is 4.31. The third-order valence-corrected chi connectivity index (χ3v) is 4.64. The highest BCUT2D eigenvalue weighted by molar-refractivity contribution is 7.18. The predicted octanol–water partition coefficient (Wildman–Crippen LogP) is 2.49. The van der Waals surface area contributed by atoms with Gasteiger partial charge in [-0.25, -0.2) is 0 Å². The lowest BCUT2D eigenvalue weighted by Crippen LogP contribution is -2.39. The van der Waals surface area contributed by atoms with Crippen LogP contribution < -0.4 is 5.32 Å². The molecule has 6 heteroatoms. The molecule has 0 radical (unpaired) electrons. The maximum atomic E-state index is 4.31. The molecule has 1 aliphatic carbocycles. The van der Waals surface area contributed by atoms with Gasteiger partial charge < -0.3 is 10.2 Å². The Morgan fingerprint density at radius 2 is 2.15 bits per heavy atom. The summed E-state index contributed by atoms with van der Waals surface area (Å²) in [6, 6.07) is 6.88. The highest BCUT2D eigenvalue weighted by Crippen LogP contribution is 2.29.